The molecule has 15 unspecified atom stereocenters. The van der Waals surface area contributed by atoms with Crippen molar-refractivity contribution < 1.29 is 81.5 Å². The number of esters is 2. The number of hydrogen-bond acceptors (Lipinski definition) is 17. The number of methoxy groups -OCH3 is 3. The molecular formula is C129H158O17. The third-order valence-corrected chi connectivity index (χ3v) is 49.4. The van der Waals surface area contributed by atoms with E-state index in [0.29, 0.717) is 145 Å². The number of rotatable bonds is 3. The molecule has 0 aromatic heterocycles. The van der Waals surface area contributed by atoms with Crippen molar-refractivity contribution >= 4 is 64.0 Å². The zero-order valence-electron chi connectivity index (χ0n) is 89.2. The topological polar surface area (TPSA) is 254 Å². The second-order valence-corrected chi connectivity index (χ2v) is 53.9. The van der Waals surface area contributed by atoms with Crippen molar-refractivity contribution in [2.45, 2.75) is 386 Å². The van der Waals surface area contributed by atoms with Crippen LogP contribution in [0.2, 0.25) is 0 Å². The van der Waals surface area contributed by atoms with E-state index in [1.807, 2.05) is 6.07 Å². The van der Waals surface area contributed by atoms with E-state index in [9.17, 15) is 57.8 Å². The Morgan fingerprint density at radius 3 is 1.36 bits per heavy atom. The SMILES string of the molecule is COc1ccc2c(c1)CCC1C2CC[C@@]2(C)C1CC[C@@]21CCC(=O)O1.COc1ccc2c(c1)CCC1C2CC[C@]2(C)C(=O)CCC12.COc1ccc2c(c1)CCC1C3=CC[C@@]4(C)CCC(=O)[C@@]34CCC21.C[C@@]12CC=C3C4CC(=O)C5=CC(=O)CC[C@]5(C)C4CC[C@]31C(=O)CC2.C[C@]12CCC(=O)C=C1C(=O)CC1C2CC[C@@]2(C)C1CC[C@@]21CCC(=O)O1.C[C@]12CCC(=O)[C@]13CC[C@]1(C)c4ccc(O)cc4C(=O)CC1C3CC2. The van der Waals surface area contributed by atoms with Crippen molar-refractivity contribution in [2.24, 2.45) is 131 Å². The average molecular weight is 1980 g/mol. The first-order chi connectivity index (χ1) is 69.7. The fraction of sp³-hybridized carbons (Fsp3) is 0.667. The van der Waals surface area contributed by atoms with Crippen LogP contribution in [0.15, 0.2) is 119 Å². The fourth-order valence-corrected chi connectivity index (χ4v) is 41.5. The molecule has 146 heavy (non-hydrogen) atoms. The lowest BCUT2D eigenvalue weighted by Crippen LogP contribution is -2.56. The highest BCUT2D eigenvalue weighted by Gasteiger charge is 2.75. The maximum atomic E-state index is 13.0. The minimum absolute atomic E-state index is 0.00265. The summed E-state index contributed by atoms with van der Waals surface area (Å²) in [5.74, 6) is 13.6. The summed E-state index contributed by atoms with van der Waals surface area (Å²) in [4.78, 5) is 138. The van der Waals surface area contributed by atoms with Gasteiger partial charge in [-0.2, -0.15) is 0 Å². The molecule has 29 rings (SSSR count). The van der Waals surface area contributed by atoms with E-state index in [1.165, 1.54) is 90.3 Å². The van der Waals surface area contributed by atoms with E-state index in [4.69, 9.17) is 23.7 Å². The van der Waals surface area contributed by atoms with Crippen LogP contribution in [0.25, 0.3) is 0 Å². The normalized spacial score (nSPS) is 44.0. The molecule has 0 bridgehead atoms. The Bertz CT molecular complexity index is 6370. The van der Waals surface area contributed by atoms with Crippen LogP contribution in [0, 0.1) is 131 Å². The van der Waals surface area contributed by atoms with Crippen molar-refractivity contribution in [3.8, 4) is 23.0 Å². The largest absolute Gasteiger partial charge is 0.508 e. The Morgan fingerprint density at radius 2 is 0.788 bits per heavy atom. The standard InChI is InChI=1S/C22H28O4.C22H26O3.C22H28O3.C22H26O3.C22H26O2.C19H24O2/c1-20-7-3-13(23)11-17(20)18(24)12-14-15(20)4-8-21(2)16(14)5-9-22(21)10-6-19(25)26-22;1-20-7-4-16-14-12-18(24)17-11-13(23)3-9-21(17,2)15(14)5-10-22(16,20)19(25)6-8-20;1-21-10-7-17-16-6-4-15(24-2)13-14(16)3-5-18(17)19(21)8-11-22(21)12-9-20(23)25-22;1-20-7-5-16-17-12-18(24)14-11-13(23)3-4-15(14)21(17,2)9-10-22(16,20)19(25)6-8-20;1-21-10-8-19-18-5-3-14-13-15(24-2)4-6-16(14)17(18)7-12-22(19,21)20(23)9-11-21;1-19-10-9-15-14-6-4-13(21-2)11-12(14)3-5-16(15)17(19)7-8-18(19)20/h11,14-16H,3-10,12H2,1-2H3;4,11,14-15H,3,5-10,12H2,1-2H3;4,6,13,17-19H,3,5,7-12H2,1-2H3;3-4,11,16-17,23H,5-10,12H2,1-2H3;4,6,8,13,17-18H,3,5,7,9-12H2,1-2H3;4,6,11,15-17H,3,5,7-10H2,1-2H3/t14?,15?,16?,20-,21+,22-;14?,15?,20-,21+,22+;17?,18?,19?,21-,22+;16?,17?,20-,21+,22+;17?,18?,21-,22+;15?,16?,17?,19-/m100000/s1. The lowest BCUT2D eigenvalue weighted by Gasteiger charge is -2.58. The highest BCUT2D eigenvalue weighted by molar-refractivity contribution is 6.08. The summed E-state index contributed by atoms with van der Waals surface area (Å²) in [5.41, 5.74) is 14.5. The van der Waals surface area contributed by atoms with Gasteiger partial charge in [-0.25, -0.2) is 0 Å². The Hall–Kier alpha value is -8.99. The van der Waals surface area contributed by atoms with Crippen molar-refractivity contribution in [1.29, 1.82) is 0 Å². The molecule has 4 aromatic carbocycles. The van der Waals surface area contributed by atoms with Crippen LogP contribution in [-0.2, 0) is 82.1 Å². The van der Waals surface area contributed by atoms with Gasteiger partial charge < -0.3 is 28.8 Å². The quantitative estimate of drug-likeness (QED) is 0.148. The van der Waals surface area contributed by atoms with Crippen LogP contribution < -0.4 is 14.2 Å². The van der Waals surface area contributed by atoms with Gasteiger partial charge in [0.1, 0.15) is 57.3 Å². The van der Waals surface area contributed by atoms with Crippen molar-refractivity contribution in [1.82, 2.24) is 0 Å². The maximum absolute atomic E-state index is 13.0. The van der Waals surface area contributed by atoms with E-state index in [2.05, 4.69) is 129 Å². The van der Waals surface area contributed by atoms with Crippen molar-refractivity contribution in [3.63, 3.8) is 0 Å². The van der Waals surface area contributed by atoms with Gasteiger partial charge >= 0.3 is 11.9 Å². The lowest BCUT2D eigenvalue weighted by atomic mass is 9.46. The smallest absolute Gasteiger partial charge is 0.306 e. The van der Waals surface area contributed by atoms with Crippen LogP contribution in [0.1, 0.15) is 399 Å². The summed E-state index contributed by atoms with van der Waals surface area (Å²) >= 11 is 0. The second-order valence-electron chi connectivity index (χ2n) is 53.9. The number of carbonyl (C=O) groups excluding carboxylic acids is 11. The van der Waals surface area contributed by atoms with Crippen LogP contribution in [0.4, 0.5) is 0 Å². The summed E-state index contributed by atoms with van der Waals surface area (Å²) in [6, 6.07) is 25.2. The summed E-state index contributed by atoms with van der Waals surface area (Å²) in [5, 5.41) is 9.83. The van der Waals surface area contributed by atoms with Gasteiger partial charge in [-0.1, -0.05) is 110 Å². The predicted molar refractivity (Wildman–Crippen MR) is 556 cm³/mol. The summed E-state index contributed by atoms with van der Waals surface area (Å²) in [7, 11) is 5.23. The number of ether oxygens (including phenoxy) is 5. The lowest BCUT2D eigenvalue weighted by molar-refractivity contribution is -0.169. The average Bonchev–Trinajstić information content (AvgIpc) is 1.53. The van der Waals surface area contributed by atoms with Gasteiger partial charge in [-0.05, 0) is 439 Å². The molecule has 1 N–H and O–H groups in total. The number of phenolic OH excluding ortho intramolecular Hbond substituents is 1. The summed E-state index contributed by atoms with van der Waals surface area (Å²) in [6.07, 6.45) is 51.5. The number of carbonyl (C=O) groups is 11. The molecule has 25 aliphatic rings. The number of ketones is 9. The number of aromatic hydroxyl groups is 1. The zero-order valence-corrected chi connectivity index (χ0v) is 89.2. The molecule has 0 radical (unpaired) electrons. The minimum atomic E-state index is -0.289. The molecule has 15 saturated carbocycles. The van der Waals surface area contributed by atoms with Gasteiger partial charge in [-0.15, -0.1) is 0 Å². The van der Waals surface area contributed by atoms with Gasteiger partial charge in [-0.3, -0.25) is 52.7 Å². The minimum Gasteiger partial charge on any atom is -0.508 e. The third-order valence-electron chi connectivity index (χ3n) is 49.4. The molecule has 29 atom stereocenters. The number of hydrogen-bond donors (Lipinski definition) is 1. The number of allylic oxidation sites excluding steroid dienone is 7. The Kier molecular flexibility index (Phi) is 23.6. The van der Waals surface area contributed by atoms with Gasteiger partial charge in [0.2, 0.25) is 0 Å². The molecule has 17 nitrogen and oxygen atoms in total. The van der Waals surface area contributed by atoms with E-state index in [-0.39, 0.29) is 135 Å². The monoisotopic (exact) mass is 1980 g/mol. The Labute approximate surface area is 864 Å². The molecule has 2 saturated heterocycles. The molecule has 0 amide bonds. The van der Waals surface area contributed by atoms with Crippen LogP contribution in [-0.4, -0.2) is 102 Å². The van der Waals surface area contributed by atoms with E-state index < -0.39 is 0 Å². The van der Waals surface area contributed by atoms with Crippen LogP contribution in [0.5, 0.6) is 23.0 Å². The molecule has 2 aliphatic heterocycles. The van der Waals surface area contributed by atoms with Gasteiger partial charge in [0.15, 0.2) is 28.9 Å². The Morgan fingerprint density at radius 1 is 0.315 bits per heavy atom. The second kappa shape index (κ2) is 34.8. The van der Waals surface area contributed by atoms with Crippen molar-refractivity contribution in [2.75, 3.05) is 21.3 Å². The fourth-order valence-electron chi connectivity index (χ4n) is 41.5. The van der Waals surface area contributed by atoms with Gasteiger partial charge in [0, 0.05) is 109 Å². The number of aryl methyl sites for hydroxylation is 3. The van der Waals surface area contributed by atoms with E-state index in [1.54, 1.807) is 51.2 Å². The summed E-state index contributed by atoms with van der Waals surface area (Å²) < 4.78 is 28.2. The molecule has 17 heteroatoms. The Balaban J connectivity index is 0.0000000940. The number of Topliss-reactive ketones (excluding diaryl/α,β-unsaturated/α-hetero) is 7. The molecule has 2 heterocycles. The van der Waals surface area contributed by atoms with Crippen LogP contribution >= 0.6 is 0 Å². The molecule has 4 aromatic rings. The first kappa shape index (κ1) is 99.0. The van der Waals surface area contributed by atoms with Crippen LogP contribution in [0.3, 0.4) is 0 Å². The molecule has 23 aliphatic carbocycles. The molecular weight excluding hydrogens is 1820 g/mol. The maximum Gasteiger partial charge on any atom is 0.306 e. The first-order valence-corrected chi connectivity index (χ1v) is 57.6. The molecule has 17 fully saturated rings. The molecule has 5 spiro atoms. The van der Waals surface area contributed by atoms with E-state index in [0.717, 1.165) is 232 Å². The van der Waals surface area contributed by atoms with Crippen molar-refractivity contribution in [3.05, 3.63) is 164 Å². The number of fused-ring (bicyclic) bond motifs is 29. The number of phenols is 1. The highest BCUT2D eigenvalue weighted by Crippen LogP contribution is 2.78. The number of benzene rings is 4. The zero-order chi connectivity index (χ0) is 102. The third kappa shape index (κ3) is 13.9. The van der Waals surface area contributed by atoms with Gasteiger partial charge in [0.25, 0.3) is 0 Å². The summed E-state index contributed by atoms with van der Waals surface area (Å²) in [6.45, 7) is 20.7. The molecule has 776 valence electrons. The van der Waals surface area contributed by atoms with Gasteiger partial charge in [0.05, 0.1) is 32.2 Å². The van der Waals surface area contributed by atoms with E-state index >= 15 is 0 Å². The highest BCUT2D eigenvalue weighted by atomic mass is 16.6. The predicted octanol–water partition coefficient (Wildman–Crippen LogP) is 25.7. The first-order valence-electron chi connectivity index (χ1n) is 57.6.